The van der Waals surface area contributed by atoms with E-state index in [2.05, 4.69) is 11.2 Å². The van der Waals surface area contributed by atoms with Crippen molar-refractivity contribution in [3.8, 4) is 12.3 Å². The summed E-state index contributed by atoms with van der Waals surface area (Å²) in [6, 6.07) is 9.32. The molecule has 0 saturated heterocycles. The molecule has 142 valence electrons. The molecule has 0 radical (unpaired) electrons. The number of halogens is 1. The van der Waals surface area contributed by atoms with Gasteiger partial charge in [-0.05, 0) is 18.2 Å². The second-order valence-electron chi connectivity index (χ2n) is 5.35. The van der Waals surface area contributed by atoms with Crippen LogP contribution in [0.25, 0.3) is 0 Å². The summed E-state index contributed by atoms with van der Waals surface area (Å²) in [6.45, 7) is -0.587. The monoisotopic (exact) mass is 400 g/mol. The van der Waals surface area contributed by atoms with Crippen LogP contribution >= 0.6 is 11.6 Å². The van der Waals surface area contributed by atoms with Gasteiger partial charge in [-0.15, -0.1) is 6.42 Å². The zero-order valence-corrected chi connectivity index (χ0v) is 15.1. The topological polar surface area (TPSA) is 116 Å². The van der Waals surface area contributed by atoms with E-state index in [0.717, 1.165) is 6.07 Å². The maximum Gasteiger partial charge on any atom is 0.339 e. The summed E-state index contributed by atoms with van der Waals surface area (Å²) in [6.07, 6.45) is 5.01. The Bertz CT molecular complexity index is 996. The van der Waals surface area contributed by atoms with Crippen LogP contribution in [0.2, 0.25) is 5.02 Å². The molecule has 8 nitrogen and oxygen atoms in total. The number of ketones is 1. The molecule has 0 unspecified atom stereocenters. The van der Waals surface area contributed by atoms with E-state index in [0.29, 0.717) is 0 Å². The molecular formula is C19H13ClN2O6. The Morgan fingerprint density at radius 1 is 1.18 bits per heavy atom. The molecule has 0 bridgehead atoms. The molecule has 0 fully saturated rings. The molecule has 2 rings (SSSR count). The number of nitrogens with zero attached hydrogens (tertiary/aromatic N) is 1. The Hall–Kier alpha value is -3.70. The summed E-state index contributed by atoms with van der Waals surface area (Å²) >= 11 is 5.75. The van der Waals surface area contributed by atoms with Crippen LogP contribution in [0.5, 0.6) is 0 Å². The van der Waals surface area contributed by atoms with Crippen LogP contribution in [0.4, 0.5) is 5.69 Å². The normalized spacial score (nSPS) is 9.86. The van der Waals surface area contributed by atoms with E-state index in [9.17, 15) is 24.5 Å². The molecule has 0 aliphatic heterocycles. The van der Waals surface area contributed by atoms with Crippen molar-refractivity contribution in [2.24, 2.45) is 0 Å². The van der Waals surface area contributed by atoms with Crippen LogP contribution in [0.1, 0.15) is 26.3 Å². The Labute approximate surface area is 164 Å². The number of hydrogen-bond donors (Lipinski definition) is 1. The van der Waals surface area contributed by atoms with Gasteiger partial charge in [0.2, 0.25) is 0 Å². The Kier molecular flexibility index (Phi) is 6.84. The highest BCUT2D eigenvalue weighted by molar-refractivity contribution is 6.33. The lowest BCUT2D eigenvalue weighted by Gasteiger charge is -2.09. The van der Waals surface area contributed by atoms with Crippen LogP contribution in [0, 0.1) is 22.5 Å². The molecule has 2 aromatic rings. The summed E-state index contributed by atoms with van der Waals surface area (Å²) < 4.78 is 4.89. The number of esters is 1. The molecule has 28 heavy (non-hydrogen) atoms. The van der Waals surface area contributed by atoms with E-state index in [-0.39, 0.29) is 28.3 Å². The maximum absolute atomic E-state index is 12.8. The quantitative estimate of drug-likeness (QED) is 0.251. The van der Waals surface area contributed by atoms with Crippen LogP contribution in [0.3, 0.4) is 0 Å². The lowest BCUT2D eigenvalue weighted by Crippen LogP contribution is -2.29. The van der Waals surface area contributed by atoms with Crippen molar-refractivity contribution in [1.82, 2.24) is 5.32 Å². The highest BCUT2D eigenvalue weighted by Crippen LogP contribution is 2.27. The van der Waals surface area contributed by atoms with Gasteiger partial charge in [-0.1, -0.05) is 35.7 Å². The van der Waals surface area contributed by atoms with Gasteiger partial charge >= 0.3 is 5.97 Å². The molecule has 0 aliphatic carbocycles. The first kappa shape index (κ1) is 20.6. The summed E-state index contributed by atoms with van der Waals surface area (Å²) in [4.78, 5) is 46.8. The van der Waals surface area contributed by atoms with Crippen molar-refractivity contribution < 1.29 is 24.0 Å². The molecule has 9 heteroatoms. The first-order valence-corrected chi connectivity index (χ1v) is 8.18. The van der Waals surface area contributed by atoms with E-state index in [4.69, 9.17) is 22.8 Å². The summed E-state index contributed by atoms with van der Waals surface area (Å²) in [7, 11) is 0. The zero-order valence-electron chi connectivity index (χ0n) is 14.3. The Morgan fingerprint density at radius 2 is 1.86 bits per heavy atom. The summed E-state index contributed by atoms with van der Waals surface area (Å²) in [5.74, 6) is 0.0732. The number of carbonyl (C=O) groups is 3. The average Bonchev–Trinajstić information content (AvgIpc) is 2.70. The van der Waals surface area contributed by atoms with Crippen LogP contribution < -0.4 is 5.32 Å². The van der Waals surface area contributed by atoms with Crippen LogP contribution in [-0.2, 0) is 9.53 Å². The minimum absolute atomic E-state index is 0.0131. The third-order valence-electron chi connectivity index (χ3n) is 3.52. The van der Waals surface area contributed by atoms with Gasteiger partial charge < -0.3 is 10.1 Å². The van der Waals surface area contributed by atoms with Crippen molar-refractivity contribution in [2.45, 2.75) is 0 Å². The molecule has 0 aliphatic rings. The number of hydrogen-bond acceptors (Lipinski definition) is 6. The Morgan fingerprint density at radius 3 is 2.50 bits per heavy atom. The highest BCUT2D eigenvalue weighted by Gasteiger charge is 2.22. The second-order valence-corrected chi connectivity index (χ2v) is 5.76. The number of nitrogens with one attached hydrogen (secondary N) is 1. The number of rotatable bonds is 7. The van der Waals surface area contributed by atoms with Crippen molar-refractivity contribution >= 4 is 34.9 Å². The number of ether oxygens (including phenoxy) is 1. The minimum atomic E-state index is -0.900. The van der Waals surface area contributed by atoms with Gasteiger partial charge in [0, 0.05) is 17.2 Å². The Balaban J connectivity index is 2.26. The lowest BCUT2D eigenvalue weighted by atomic mass is 9.98. The van der Waals surface area contributed by atoms with E-state index in [1.807, 2.05) is 0 Å². The molecule has 0 spiro atoms. The third kappa shape index (κ3) is 4.93. The number of benzene rings is 2. The van der Waals surface area contributed by atoms with Gasteiger partial charge in [-0.3, -0.25) is 19.7 Å². The van der Waals surface area contributed by atoms with Gasteiger partial charge in [-0.25, -0.2) is 4.79 Å². The zero-order chi connectivity index (χ0) is 20.7. The summed E-state index contributed by atoms with van der Waals surface area (Å²) in [5, 5.41) is 13.2. The van der Waals surface area contributed by atoms with E-state index in [1.54, 1.807) is 0 Å². The fourth-order valence-electron chi connectivity index (χ4n) is 2.22. The van der Waals surface area contributed by atoms with Crippen molar-refractivity contribution in [3.63, 3.8) is 0 Å². The van der Waals surface area contributed by atoms with E-state index in [1.165, 1.54) is 36.4 Å². The molecule has 2 aromatic carbocycles. The number of terminal acetylenes is 1. The summed E-state index contributed by atoms with van der Waals surface area (Å²) in [5.41, 5.74) is -0.580. The van der Waals surface area contributed by atoms with Gasteiger partial charge in [0.25, 0.3) is 11.6 Å². The van der Waals surface area contributed by atoms with Gasteiger partial charge in [-0.2, -0.15) is 0 Å². The fraction of sp³-hybridized carbons (Fsp3) is 0.105. The standard InChI is InChI=1S/C19H13ClN2O6/c1-2-9-21-17(23)11-28-19(25)14-6-4-3-5-13(14)18(24)12-7-8-15(20)16(10-12)22(26)27/h1,3-8,10H,9,11H2,(H,21,23). The van der Waals surface area contributed by atoms with Crippen molar-refractivity contribution in [3.05, 3.63) is 74.3 Å². The lowest BCUT2D eigenvalue weighted by molar-refractivity contribution is -0.384. The molecule has 0 aromatic heterocycles. The second kappa shape index (κ2) is 9.30. The molecular weight excluding hydrogens is 388 g/mol. The SMILES string of the molecule is C#CCNC(=O)COC(=O)c1ccccc1C(=O)c1ccc(Cl)c([N+](=O)[O-])c1. The minimum Gasteiger partial charge on any atom is -0.452 e. The molecule has 0 saturated carbocycles. The molecule has 0 heterocycles. The van der Waals surface area contributed by atoms with Gasteiger partial charge in [0.1, 0.15) is 5.02 Å². The van der Waals surface area contributed by atoms with Crippen molar-refractivity contribution in [1.29, 1.82) is 0 Å². The van der Waals surface area contributed by atoms with Crippen LogP contribution in [-0.4, -0.2) is 35.7 Å². The molecule has 1 N–H and O–H groups in total. The third-order valence-corrected chi connectivity index (χ3v) is 3.84. The average molecular weight is 401 g/mol. The number of amides is 1. The van der Waals surface area contributed by atoms with Gasteiger partial charge in [0.15, 0.2) is 12.4 Å². The van der Waals surface area contributed by atoms with Gasteiger partial charge in [0.05, 0.1) is 17.0 Å². The molecule has 1 amide bonds. The molecule has 0 atom stereocenters. The van der Waals surface area contributed by atoms with Crippen molar-refractivity contribution in [2.75, 3.05) is 13.2 Å². The smallest absolute Gasteiger partial charge is 0.339 e. The number of nitro groups is 1. The van der Waals surface area contributed by atoms with Crippen LogP contribution in [0.15, 0.2) is 42.5 Å². The fourth-order valence-corrected chi connectivity index (χ4v) is 2.40. The highest BCUT2D eigenvalue weighted by atomic mass is 35.5. The number of carbonyl (C=O) groups excluding carboxylic acids is 3. The largest absolute Gasteiger partial charge is 0.452 e. The van der Waals surface area contributed by atoms with E-state index < -0.39 is 34.9 Å². The predicted octanol–water partition coefficient (Wildman–Crippen LogP) is 2.39. The first-order valence-electron chi connectivity index (χ1n) is 7.80. The van der Waals surface area contributed by atoms with E-state index >= 15 is 0 Å². The maximum atomic E-state index is 12.8. The number of nitro benzene ring substituents is 1. The first-order chi connectivity index (χ1) is 13.3. The predicted molar refractivity (Wildman–Crippen MR) is 100 cm³/mol.